The third-order valence-electron chi connectivity index (χ3n) is 1.41. The number of hydrogen-bond acceptors (Lipinski definition) is 2. The molecule has 0 aliphatic carbocycles. The molecule has 0 aromatic heterocycles. The Morgan fingerprint density at radius 2 is 2.30 bits per heavy atom. The van der Waals surface area contributed by atoms with Crippen LogP contribution in [-0.2, 0) is 0 Å². The van der Waals surface area contributed by atoms with Crippen molar-refractivity contribution >= 4 is 17.7 Å². The first-order valence-electron chi connectivity index (χ1n) is 2.90. The molecule has 2 N–H and O–H groups in total. The lowest BCUT2D eigenvalue weighted by molar-refractivity contribution is 0.0997. The summed E-state index contributed by atoms with van der Waals surface area (Å²) in [5.41, 5.74) is 5.75. The van der Waals surface area contributed by atoms with E-state index in [1.165, 1.54) is 4.90 Å². The minimum absolute atomic E-state index is 0.332. The second kappa shape index (κ2) is 1.76. The van der Waals surface area contributed by atoms with Crippen molar-refractivity contribution in [2.24, 2.45) is 5.73 Å². The zero-order chi connectivity index (χ0) is 7.14. The van der Waals surface area contributed by atoms with Crippen LogP contribution >= 0.6 is 11.8 Å². The van der Waals surface area contributed by atoms with Crippen molar-refractivity contribution < 1.29 is 4.79 Å². The van der Waals surface area contributed by atoms with Crippen LogP contribution in [0.2, 0.25) is 0 Å². The zero-order valence-electron chi connectivity index (χ0n) is 5.13. The first-order valence-corrected chi connectivity index (χ1v) is 3.71. The van der Waals surface area contributed by atoms with Crippen molar-refractivity contribution in [3.63, 3.8) is 0 Å². The molecule has 0 fully saturated rings. The molecule has 0 saturated heterocycles. The quantitative estimate of drug-likeness (QED) is 0.623. The molecule has 2 nitrogen and oxygen atoms in total. The van der Waals surface area contributed by atoms with E-state index in [0.29, 0.717) is 5.56 Å². The van der Waals surface area contributed by atoms with E-state index < -0.39 is 0 Å². The molecular weight excluding hydrogens is 146 g/mol. The Hall–Kier alpha value is -0.960. The Labute approximate surface area is 62.4 Å². The van der Waals surface area contributed by atoms with Gasteiger partial charge in [-0.2, -0.15) is 0 Å². The van der Waals surface area contributed by atoms with Gasteiger partial charge in [-0.3, -0.25) is 4.79 Å². The van der Waals surface area contributed by atoms with Crippen LogP contribution in [0.5, 0.6) is 0 Å². The molecule has 0 unspecified atom stereocenters. The predicted octanol–water partition coefficient (Wildman–Crippen LogP) is 1.25. The van der Waals surface area contributed by atoms with E-state index >= 15 is 0 Å². The number of primary amides is 1. The first-order chi connectivity index (χ1) is 4.79. The van der Waals surface area contributed by atoms with Gasteiger partial charge in [-0.25, -0.2) is 0 Å². The Kier molecular flexibility index (Phi) is 1.02. The number of carbonyl (C=O) groups is 1. The predicted molar refractivity (Wildman–Crippen MR) is 39.1 cm³/mol. The number of carbonyl (C=O) groups excluding carboxylic acids is 1. The van der Waals surface area contributed by atoms with E-state index in [0.717, 1.165) is 4.90 Å². The van der Waals surface area contributed by atoms with E-state index in [-0.39, 0.29) is 5.91 Å². The molecule has 0 spiro atoms. The van der Waals surface area contributed by atoms with Crippen molar-refractivity contribution in [2.45, 2.75) is 9.79 Å². The number of rotatable bonds is 1. The Bertz CT molecular complexity index is 308. The number of benzene rings is 1. The van der Waals surface area contributed by atoms with Crippen molar-refractivity contribution in [1.82, 2.24) is 0 Å². The minimum atomic E-state index is -0.332. The average Bonchev–Trinajstić information content (AvgIpc) is 2.63. The number of fused-ring (bicyclic) bond motifs is 1. The van der Waals surface area contributed by atoms with Crippen molar-refractivity contribution in [3.05, 3.63) is 23.8 Å². The lowest BCUT2D eigenvalue weighted by Crippen LogP contribution is -2.10. The summed E-state index contributed by atoms with van der Waals surface area (Å²) in [5.74, 6) is -0.332. The van der Waals surface area contributed by atoms with E-state index in [2.05, 4.69) is 0 Å². The first kappa shape index (κ1) is 5.80. The Morgan fingerprint density at radius 1 is 1.50 bits per heavy atom. The van der Waals surface area contributed by atoms with Crippen molar-refractivity contribution in [1.29, 1.82) is 0 Å². The number of nitrogens with two attached hydrogens (primary N) is 1. The van der Waals surface area contributed by atoms with Gasteiger partial charge in [-0.05, 0) is 12.1 Å². The molecule has 1 aromatic carbocycles. The van der Waals surface area contributed by atoms with Crippen LogP contribution in [0.25, 0.3) is 0 Å². The number of hydrogen-bond donors (Lipinski definition) is 1. The molecule has 0 atom stereocenters. The van der Waals surface area contributed by atoms with Crippen LogP contribution in [0.1, 0.15) is 10.4 Å². The fraction of sp³-hybridized carbons (Fsp3) is 0. The molecule has 50 valence electrons. The maximum atomic E-state index is 10.7. The van der Waals surface area contributed by atoms with Crippen LogP contribution in [-0.4, -0.2) is 5.91 Å². The monoisotopic (exact) mass is 151 g/mol. The van der Waals surface area contributed by atoms with E-state index in [9.17, 15) is 4.79 Å². The summed E-state index contributed by atoms with van der Waals surface area (Å²) in [6.07, 6.45) is 0. The molecule has 3 heteroatoms. The zero-order valence-corrected chi connectivity index (χ0v) is 5.94. The van der Waals surface area contributed by atoms with Gasteiger partial charge in [0.05, 0.1) is 5.56 Å². The third-order valence-corrected chi connectivity index (χ3v) is 2.41. The van der Waals surface area contributed by atoms with Gasteiger partial charge in [0.25, 0.3) is 0 Å². The molecule has 1 heterocycles. The van der Waals surface area contributed by atoms with Crippen molar-refractivity contribution in [2.75, 3.05) is 0 Å². The molecule has 1 aromatic rings. The largest absolute Gasteiger partial charge is 0.366 e. The molecule has 1 amide bonds. The lowest BCUT2D eigenvalue weighted by Gasteiger charge is -1.88. The number of amides is 1. The van der Waals surface area contributed by atoms with Crippen LogP contribution in [0.3, 0.4) is 0 Å². The SMILES string of the molecule is NC(=O)c1cccc2c1S2. The lowest BCUT2D eigenvalue weighted by atomic mass is 10.2. The molecule has 10 heavy (non-hydrogen) atoms. The summed E-state index contributed by atoms with van der Waals surface area (Å²) in [4.78, 5) is 12.9. The second-order valence-corrected chi connectivity index (χ2v) is 3.15. The average molecular weight is 151 g/mol. The highest BCUT2D eigenvalue weighted by Crippen LogP contribution is 2.50. The molecule has 1 aliphatic heterocycles. The van der Waals surface area contributed by atoms with Gasteiger partial charge in [-0.1, -0.05) is 17.8 Å². The third kappa shape index (κ3) is 0.708. The summed E-state index contributed by atoms with van der Waals surface area (Å²) >= 11 is 1.61. The van der Waals surface area contributed by atoms with Crippen LogP contribution in [0.15, 0.2) is 28.0 Å². The van der Waals surface area contributed by atoms with E-state index in [1.807, 2.05) is 12.1 Å². The maximum absolute atomic E-state index is 10.7. The Morgan fingerprint density at radius 3 is 2.90 bits per heavy atom. The highest BCUT2D eigenvalue weighted by atomic mass is 32.2. The van der Waals surface area contributed by atoms with Gasteiger partial charge in [0.15, 0.2) is 0 Å². The minimum Gasteiger partial charge on any atom is -0.366 e. The molecular formula is C7H5NOS. The van der Waals surface area contributed by atoms with E-state index in [1.54, 1.807) is 17.8 Å². The van der Waals surface area contributed by atoms with Crippen molar-refractivity contribution in [3.8, 4) is 0 Å². The fourth-order valence-electron chi connectivity index (χ4n) is 0.883. The second-order valence-electron chi connectivity index (χ2n) is 2.10. The smallest absolute Gasteiger partial charge is 0.249 e. The summed E-state index contributed by atoms with van der Waals surface area (Å²) in [7, 11) is 0. The Balaban J connectivity index is 2.56. The van der Waals surface area contributed by atoms with Gasteiger partial charge in [0.1, 0.15) is 0 Å². The summed E-state index contributed by atoms with van der Waals surface area (Å²) in [6, 6.07) is 5.58. The van der Waals surface area contributed by atoms with E-state index in [4.69, 9.17) is 5.73 Å². The standard InChI is InChI=1S/C7H5NOS/c8-7(9)4-2-1-3-5-6(4)10-5/h1-3H,(H2,8,9). The summed E-state index contributed by atoms with van der Waals surface area (Å²) < 4.78 is 0. The highest BCUT2D eigenvalue weighted by Gasteiger charge is 2.23. The van der Waals surface area contributed by atoms with Gasteiger partial charge < -0.3 is 5.73 Å². The van der Waals surface area contributed by atoms with Gasteiger partial charge >= 0.3 is 0 Å². The molecule has 0 bridgehead atoms. The maximum Gasteiger partial charge on any atom is 0.249 e. The normalized spacial score (nSPS) is 12.4. The van der Waals surface area contributed by atoms with Gasteiger partial charge in [-0.15, -0.1) is 0 Å². The van der Waals surface area contributed by atoms with Crippen LogP contribution < -0.4 is 5.73 Å². The molecule has 1 aliphatic rings. The summed E-state index contributed by atoms with van der Waals surface area (Å²) in [6.45, 7) is 0. The fourth-order valence-corrected chi connectivity index (χ4v) is 1.66. The van der Waals surface area contributed by atoms with Crippen LogP contribution in [0, 0.1) is 0 Å². The molecule has 0 saturated carbocycles. The molecule has 2 rings (SSSR count). The van der Waals surface area contributed by atoms with Crippen LogP contribution in [0.4, 0.5) is 0 Å². The topological polar surface area (TPSA) is 43.1 Å². The van der Waals surface area contributed by atoms with Gasteiger partial charge in [0.2, 0.25) is 5.91 Å². The summed E-state index contributed by atoms with van der Waals surface area (Å²) in [5, 5.41) is 0. The van der Waals surface area contributed by atoms with Gasteiger partial charge in [0, 0.05) is 9.79 Å². The highest BCUT2D eigenvalue weighted by molar-refractivity contribution is 8.05. The molecule has 0 radical (unpaired) electrons.